The molecule has 5 nitrogen and oxygen atoms in total. The van der Waals surface area contributed by atoms with Crippen molar-refractivity contribution in [1.29, 1.82) is 0 Å². The lowest BCUT2D eigenvalue weighted by molar-refractivity contribution is 0.164. The molecule has 0 aromatic heterocycles. The first kappa shape index (κ1) is 17.2. The highest BCUT2D eigenvalue weighted by molar-refractivity contribution is 6.30. The van der Waals surface area contributed by atoms with Crippen molar-refractivity contribution in [1.82, 2.24) is 0 Å². The quantitative estimate of drug-likeness (QED) is 0.605. The zero-order valence-electron chi connectivity index (χ0n) is 14.6. The zero-order valence-corrected chi connectivity index (χ0v) is 15.3. The minimum absolute atomic E-state index is 0.447. The van der Waals surface area contributed by atoms with Gasteiger partial charge in [0.05, 0.1) is 12.8 Å². The largest absolute Gasteiger partial charge is 0.497 e. The lowest BCUT2D eigenvalue weighted by Gasteiger charge is -2.27. The van der Waals surface area contributed by atoms with E-state index >= 15 is 0 Å². The van der Waals surface area contributed by atoms with Crippen molar-refractivity contribution in [2.75, 3.05) is 17.1 Å². The van der Waals surface area contributed by atoms with Crippen molar-refractivity contribution in [2.24, 2.45) is 0 Å². The number of carbonyl (C=O) groups is 1. The van der Waals surface area contributed by atoms with E-state index in [1.165, 1.54) is 0 Å². The van der Waals surface area contributed by atoms with Crippen LogP contribution in [-0.4, -0.2) is 13.2 Å². The number of hydroxylamine groups is 1. The summed E-state index contributed by atoms with van der Waals surface area (Å²) in [5.74, 6) is 0.744. The van der Waals surface area contributed by atoms with Gasteiger partial charge in [-0.25, -0.2) is 9.69 Å². The monoisotopic (exact) mass is 380 g/mol. The fraction of sp³-hybridized carbons (Fsp3) is 0.0952. The molecule has 0 N–H and O–H groups in total. The molecule has 1 atom stereocenters. The Bertz CT molecular complexity index is 930. The number of para-hydroxylation sites is 1. The van der Waals surface area contributed by atoms with Gasteiger partial charge in [0, 0.05) is 10.7 Å². The highest BCUT2D eigenvalue weighted by Gasteiger charge is 2.42. The number of amides is 1. The molecule has 1 aliphatic heterocycles. The number of carbonyl (C=O) groups excluding carboxylic acids is 1. The van der Waals surface area contributed by atoms with E-state index in [0.717, 1.165) is 22.7 Å². The Morgan fingerprint density at radius 1 is 0.889 bits per heavy atom. The van der Waals surface area contributed by atoms with Crippen molar-refractivity contribution >= 4 is 29.1 Å². The van der Waals surface area contributed by atoms with Crippen LogP contribution < -0.4 is 14.7 Å². The van der Waals surface area contributed by atoms with Crippen LogP contribution in [0.2, 0.25) is 5.02 Å². The third kappa shape index (κ3) is 3.29. The molecule has 0 spiro atoms. The number of anilines is 2. The molecule has 3 aromatic rings. The molecule has 1 fully saturated rings. The van der Waals surface area contributed by atoms with E-state index < -0.39 is 12.3 Å². The summed E-state index contributed by atoms with van der Waals surface area (Å²) in [6.45, 7) is 0. The van der Waals surface area contributed by atoms with Gasteiger partial charge in [-0.2, -0.15) is 5.06 Å². The summed E-state index contributed by atoms with van der Waals surface area (Å²) in [5, 5.41) is 2.21. The fourth-order valence-corrected chi connectivity index (χ4v) is 3.19. The third-order valence-corrected chi connectivity index (χ3v) is 4.62. The Morgan fingerprint density at radius 2 is 1.56 bits per heavy atom. The molecule has 136 valence electrons. The van der Waals surface area contributed by atoms with Crippen molar-refractivity contribution in [3.8, 4) is 5.75 Å². The van der Waals surface area contributed by atoms with Crippen LogP contribution in [0.15, 0.2) is 78.9 Å². The maximum absolute atomic E-state index is 12.7. The van der Waals surface area contributed by atoms with E-state index in [1.54, 1.807) is 29.2 Å². The van der Waals surface area contributed by atoms with E-state index in [0.29, 0.717) is 5.02 Å². The highest BCUT2D eigenvalue weighted by Crippen LogP contribution is 2.40. The number of methoxy groups -OCH3 is 1. The molecule has 1 amide bonds. The Kier molecular flexibility index (Phi) is 4.60. The van der Waals surface area contributed by atoms with Crippen molar-refractivity contribution in [3.05, 3.63) is 89.4 Å². The van der Waals surface area contributed by atoms with Gasteiger partial charge in [0.25, 0.3) is 0 Å². The van der Waals surface area contributed by atoms with Crippen LogP contribution in [0.25, 0.3) is 0 Å². The van der Waals surface area contributed by atoms with Gasteiger partial charge in [-0.1, -0.05) is 41.9 Å². The van der Waals surface area contributed by atoms with Crippen LogP contribution in [0, 0.1) is 0 Å². The molecular weight excluding hydrogens is 364 g/mol. The minimum Gasteiger partial charge on any atom is -0.497 e. The van der Waals surface area contributed by atoms with Gasteiger partial charge in [-0.15, -0.1) is 0 Å². The first-order valence-electron chi connectivity index (χ1n) is 8.42. The SMILES string of the molecule is COc1ccc(C2N(c3ccc(Cl)cc3)OC(=O)N2c2ccccc2)cc1. The average molecular weight is 381 g/mol. The van der Waals surface area contributed by atoms with Gasteiger partial charge in [0.2, 0.25) is 0 Å². The maximum Gasteiger partial charge on any atom is 0.440 e. The number of rotatable bonds is 4. The highest BCUT2D eigenvalue weighted by atomic mass is 35.5. The number of nitrogens with zero attached hydrogens (tertiary/aromatic N) is 2. The molecule has 0 radical (unpaired) electrons. The second-order valence-electron chi connectivity index (χ2n) is 6.01. The molecule has 27 heavy (non-hydrogen) atoms. The summed E-state index contributed by atoms with van der Waals surface area (Å²) in [6, 6.07) is 24.2. The van der Waals surface area contributed by atoms with Gasteiger partial charge in [0.15, 0.2) is 6.17 Å². The van der Waals surface area contributed by atoms with Crippen LogP contribution in [-0.2, 0) is 4.84 Å². The molecule has 0 saturated carbocycles. The van der Waals surface area contributed by atoms with E-state index in [2.05, 4.69) is 0 Å². The molecule has 0 bridgehead atoms. The smallest absolute Gasteiger partial charge is 0.440 e. The number of hydrogen-bond donors (Lipinski definition) is 0. The molecule has 1 aliphatic rings. The average Bonchev–Trinajstić information content (AvgIpc) is 3.06. The van der Waals surface area contributed by atoms with Gasteiger partial charge < -0.3 is 9.57 Å². The predicted octanol–water partition coefficient (Wildman–Crippen LogP) is 5.43. The van der Waals surface area contributed by atoms with Gasteiger partial charge >= 0.3 is 6.09 Å². The number of halogens is 1. The van der Waals surface area contributed by atoms with Crippen LogP contribution in [0.5, 0.6) is 5.75 Å². The second-order valence-corrected chi connectivity index (χ2v) is 6.45. The lowest BCUT2D eigenvalue weighted by atomic mass is 10.1. The normalized spacial score (nSPS) is 16.4. The first-order valence-corrected chi connectivity index (χ1v) is 8.80. The molecule has 1 unspecified atom stereocenters. The number of hydrogen-bond acceptors (Lipinski definition) is 4. The van der Waals surface area contributed by atoms with Crippen LogP contribution >= 0.6 is 11.6 Å². The maximum atomic E-state index is 12.7. The Labute approximate surface area is 162 Å². The van der Waals surface area contributed by atoms with Gasteiger partial charge in [-0.05, 0) is 54.1 Å². The fourth-order valence-electron chi connectivity index (χ4n) is 3.06. The Morgan fingerprint density at radius 3 is 2.19 bits per heavy atom. The Hall–Kier alpha value is -3.18. The number of benzene rings is 3. The molecule has 0 aliphatic carbocycles. The Balaban J connectivity index is 1.80. The summed E-state index contributed by atoms with van der Waals surface area (Å²) in [5.41, 5.74) is 2.37. The zero-order chi connectivity index (χ0) is 18.8. The summed E-state index contributed by atoms with van der Waals surface area (Å²) in [7, 11) is 1.62. The summed E-state index contributed by atoms with van der Waals surface area (Å²) in [4.78, 5) is 20.0. The van der Waals surface area contributed by atoms with Crippen LogP contribution in [0.1, 0.15) is 11.7 Å². The second kappa shape index (κ2) is 7.21. The minimum atomic E-state index is -0.466. The van der Waals surface area contributed by atoms with E-state index in [-0.39, 0.29) is 0 Å². The predicted molar refractivity (Wildman–Crippen MR) is 105 cm³/mol. The van der Waals surface area contributed by atoms with E-state index in [9.17, 15) is 4.79 Å². The summed E-state index contributed by atoms with van der Waals surface area (Å²) >= 11 is 6.01. The van der Waals surface area contributed by atoms with Gasteiger partial charge in [-0.3, -0.25) is 0 Å². The molecule has 4 rings (SSSR count). The first-order chi connectivity index (χ1) is 13.2. The summed E-state index contributed by atoms with van der Waals surface area (Å²) < 4.78 is 5.25. The van der Waals surface area contributed by atoms with Crippen molar-refractivity contribution < 1.29 is 14.4 Å². The molecular formula is C21H17ClN2O3. The van der Waals surface area contributed by atoms with E-state index in [1.807, 2.05) is 66.7 Å². The molecule has 6 heteroatoms. The van der Waals surface area contributed by atoms with E-state index in [4.69, 9.17) is 21.2 Å². The lowest BCUT2D eigenvalue weighted by Crippen LogP contribution is -2.31. The van der Waals surface area contributed by atoms with Crippen molar-refractivity contribution in [3.63, 3.8) is 0 Å². The topological polar surface area (TPSA) is 42.0 Å². The summed E-state index contributed by atoms with van der Waals surface area (Å²) in [6.07, 6.45) is -0.913. The molecule has 1 heterocycles. The van der Waals surface area contributed by atoms with Crippen LogP contribution in [0.4, 0.5) is 16.2 Å². The standard InChI is InChI=1S/C21H17ClN2O3/c1-26-19-13-7-15(8-14-19)20-23(17-5-3-2-4-6-17)21(25)27-24(20)18-11-9-16(22)10-12-18/h2-14,20H,1H3. The third-order valence-electron chi connectivity index (χ3n) is 4.37. The number of ether oxygens (including phenoxy) is 1. The molecule has 1 saturated heterocycles. The van der Waals surface area contributed by atoms with Crippen molar-refractivity contribution in [2.45, 2.75) is 6.17 Å². The van der Waals surface area contributed by atoms with Crippen LogP contribution in [0.3, 0.4) is 0 Å². The molecule has 3 aromatic carbocycles. The van der Waals surface area contributed by atoms with Gasteiger partial charge in [0.1, 0.15) is 5.75 Å².